The zero-order valence-corrected chi connectivity index (χ0v) is 18.8. The number of aromatic nitrogens is 1. The van der Waals surface area contributed by atoms with Gasteiger partial charge in [0.1, 0.15) is 22.0 Å². The van der Waals surface area contributed by atoms with E-state index in [9.17, 15) is 23.1 Å². The lowest BCUT2D eigenvalue weighted by molar-refractivity contribution is -0.119. The molecular formula is C23H22N4O6S. The molecule has 2 aliphatic rings. The lowest BCUT2D eigenvalue weighted by Crippen LogP contribution is -2.34. The molecule has 34 heavy (non-hydrogen) atoms. The Labute approximate surface area is 194 Å². The maximum atomic E-state index is 13.5. The molecule has 0 radical (unpaired) electrons. The number of pyridine rings is 1. The Bertz CT molecular complexity index is 1520. The van der Waals surface area contributed by atoms with Crippen LogP contribution in [0.1, 0.15) is 24.8 Å². The van der Waals surface area contributed by atoms with Gasteiger partial charge in [-0.2, -0.15) is 8.42 Å². The zero-order valence-electron chi connectivity index (χ0n) is 18.0. The lowest BCUT2D eigenvalue weighted by Gasteiger charge is -2.27. The number of amidine groups is 1. The molecule has 5 rings (SSSR count). The second-order valence-electron chi connectivity index (χ2n) is 8.41. The Morgan fingerprint density at radius 2 is 2.00 bits per heavy atom. The number of amides is 1. The normalized spacial score (nSPS) is 16.8. The first-order chi connectivity index (χ1) is 16.2. The molecule has 2 heterocycles. The summed E-state index contributed by atoms with van der Waals surface area (Å²) in [5.74, 6) is -0.823. The van der Waals surface area contributed by atoms with Crippen LogP contribution >= 0.6 is 0 Å². The number of carbonyl (C=O) groups is 1. The molecule has 1 aromatic heterocycles. The van der Waals surface area contributed by atoms with Gasteiger partial charge in [0.2, 0.25) is 0 Å². The molecule has 3 aromatic rings. The fraction of sp³-hybridized carbons (Fsp3) is 0.261. The van der Waals surface area contributed by atoms with Gasteiger partial charge >= 0.3 is 0 Å². The van der Waals surface area contributed by atoms with Gasteiger partial charge in [0.05, 0.1) is 11.2 Å². The second kappa shape index (κ2) is 8.17. The van der Waals surface area contributed by atoms with Crippen molar-refractivity contribution in [2.45, 2.75) is 30.7 Å². The molecule has 11 heteroatoms. The molecule has 4 N–H and O–H groups in total. The fourth-order valence-corrected chi connectivity index (χ4v) is 5.35. The number of carbonyl (C=O) groups excluding carboxylic acids is 1. The van der Waals surface area contributed by atoms with Crippen molar-refractivity contribution in [1.29, 1.82) is 0 Å². The van der Waals surface area contributed by atoms with Crippen molar-refractivity contribution >= 4 is 38.4 Å². The average Bonchev–Trinajstić information content (AvgIpc) is 2.76. The molecule has 1 aliphatic carbocycles. The molecule has 1 aliphatic heterocycles. The van der Waals surface area contributed by atoms with E-state index in [1.165, 1.54) is 18.2 Å². The molecule has 0 saturated heterocycles. The van der Waals surface area contributed by atoms with E-state index in [0.717, 1.165) is 19.3 Å². The quantitative estimate of drug-likeness (QED) is 0.485. The van der Waals surface area contributed by atoms with Crippen molar-refractivity contribution in [3.63, 3.8) is 0 Å². The number of aromatic hydroxyl groups is 1. The first kappa shape index (κ1) is 22.0. The van der Waals surface area contributed by atoms with Crippen LogP contribution in [0.25, 0.3) is 10.9 Å². The van der Waals surface area contributed by atoms with Gasteiger partial charge in [-0.3, -0.25) is 9.59 Å². The van der Waals surface area contributed by atoms with Crippen LogP contribution in [-0.2, 0) is 21.4 Å². The monoisotopic (exact) mass is 482 g/mol. The number of anilines is 1. The topological polar surface area (TPSA) is 153 Å². The maximum Gasteiger partial charge on any atom is 0.286 e. The second-order valence-corrected chi connectivity index (χ2v) is 9.98. The number of hydrogen-bond acceptors (Lipinski definition) is 7. The molecule has 176 valence electrons. The minimum atomic E-state index is -4.25. The summed E-state index contributed by atoms with van der Waals surface area (Å²) in [6.07, 6.45) is 3.13. The van der Waals surface area contributed by atoms with Crippen LogP contribution in [-0.4, -0.2) is 36.4 Å². The summed E-state index contributed by atoms with van der Waals surface area (Å²) >= 11 is 0. The number of rotatable bonds is 6. The van der Waals surface area contributed by atoms with E-state index in [1.807, 2.05) is 0 Å². The minimum absolute atomic E-state index is 0.123. The maximum absolute atomic E-state index is 13.5. The molecular weight excluding hydrogens is 460 g/mol. The Balaban J connectivity index is 1.63. The summed E-state index contributed by atoms with van der Waals surface area (Å²) in [6.45, 7) is 0.0656. The highest BCUT2D eigenvalue weighted by Crippen LogP contribution is 2.35. The van der Waals surface area contributed by atoms with Crippen LogP contribution < -0.4 is 21.3 Å². The Morgan fingerprint density at radius 1 is 1.24 bits per heavy atom. The first-order valence-electron chi connectivity index (χ1n) is 10.8. The smallest absolute Gasteiger partial charge is 0.286 e. The van der Waals surface area contributed by atoms with Crippen LogP contribution in [0.15, 0.2) is 56.6 Å². The Morgan fingerprint density at radius 3 is 2.71 bits per heavy atom. The van der Waals surface area contributed by atoms with Gasteiger partial charge < -0.3 is 25.5 Å². The third kappa shape index (κ3) is 3.77. The predicted octanol–water partition coefficient (Wildman–Crippen LogP) is 1.93. The molecule has 0 unspecified atom stereocenters. The molecule has 0 spiro atoms. The number of hydrogen-bond donors (Lipinski definition) is 3. The number of para-hydroxylation sites is 1. The van der Waals surface area contributed by atoms with Gasteiger partial charge in [0, 0.05) is 18.0 Å². The van der Waals surface area contributed by atoms with Gasteiger partial charge in [-0.25, -0.2) is 0 Å². The molecule has 0 bridgehead atoms. The van der Waals surface area contributed by atoms with E-state index in [0.29, 0.717) is 23.4 Å². The average molecular weight is 483 g/mol. The highest BCUT2D eigenvalue weighted by atomic mass is 32.2. The van der Waals surface area contributed by atoms with Crippen molar-refractivity contribution in [2.75, 3.05) is 11.9 Å². The van der Waals surface area contributed by atoms with Crippen LogP contribution in [0.2, 0.25) is 0 Å². The van der Waals surface area contributed by atoms with E-state index in [4.69, 9.17) is 10.5 Å². The third-order valence-corrected chi connectivity index (χ3v) is 7.44. The highest BCUT2D eigenvalue weighted by molar-refractivity contribution is 7.90. The largest absolute Gasteiger partial charge is 0.506 e. The highest BCUT2D eigenvalue weighted by Gasteiger charge is 2.31. The van der Waals surface area contributed by atoms with Crippen LogP contribution in [0.5, 0.6) is 11.5 Å². The third-order valence-electron chi connectivity index (χ3n) is 6.12. The molecule has 10 nitrogen and oxygen atoms in total. The Kier molecular flexibility index (Phi) is 5.28. The summed E-state index contributed by atoms with van der Waals surface area (Å²) in [7, 11) is -4.25. The number of nitrogens with zero attached hydrogens (tertiary/aromatic N) is 2. The molecule has 0 atom stereocenters. The number of primary amides is 1. The number of ether oxygens (including phenoxy) is 1. The standard InChI is InChI=1S/C23H22N4O6S/c24-19(28)12-33-14-8-9-16-18(10-14)34(31,32)26-22(25-16)20-21(29)15-6-1-2-7-17(15)27(23(20)30)11-13-4-3-5-13/h1-2,6-10,13,29H,3-5,11-12H2,(H2,24,28)(H,25,26). The zero-order chi connectivity index (χ0) is 24.0. The molecule has 1 fully saturated rings. The first-order valence-corrected chi connectivity index (χ1v) is 12.2. The van der Waals surface area contributed by atoms with E-state index in [1.54, 1.807) is 28.8 Å². The number of fused-ring (bicyclic) bond motifs is 2. The molecule has 1 saturated carbocycles. The van der Waals surface area contributed by atoms with E-state index in [2.05, 4.69) is 9.71 Å². The number of nitrogens with one attached hydrogen (secondary N) is 1. The SMILES string of the molecule is NC(=O)COc1ccc2c(c1)S(=O)(=O)N=C(c1c(O)c3ccccc3n(CC3CCC3)c1=O)N2. The summed E-state index contributed by atoms with van der Waals surface area (Å²) in [5.41, 5.74) is 5.08. The van der Waals surface area contributed by atoms with Crippen LogP contribution in [0.3, 0.4) is 0 Å². The van der Waals surface area contributed by atoms with Crippen molar-refractivity contribution in [2.24, 2.45) is 16.0 Å². The van der Waals surface area contributed by atoms with E-state index in [-0.39, 0.29) is 33.5 Å². The van der Waals surface area contributed by atoms with Crippen LogP contribution in [0.4, 0.5) is 5.69 Å². The summed E-state index contributed by atoms with van der Waals surface area (Å²) in [6, 6.07) is 11.1. The number of nitrogens with two attached hydrogens (primary N) is 1. The van der Waals surface area contributed by atoms with Crippen molar-refractivity contribution < 1.29 is 23.1 Å². The van der Waals surface area contributed by atoms with Gasteiger partial charge in [-0.05, 0) is 43.0 Å². The van der Waals surface area contributed by atoms with E-state index < -0.39 is 28.1 Å². The number of benzene rings is 2. The van der Waals surface area contributed by atoms with Gasteiger partial charge in [-0.1, -0.05) is 18.6 Å². The molecule has 1 amide bonds. The summed E-state index contributed by atoms with van der Waals surface area (Å²) < 4.78 is 36.5. The predicted molar refractivity (Wildman–Crippen MR) is 126 cm³/mol. The van der Waals surface area contributed by atoms with Gasteiger partial charge in [-0.15, -0.1) is 4.40 Å². The summed E-state index contributed by atoms with van der Waals surface area (Å²) in [5, 5.41) is 14.3. The molecule has 2 aromatic carbocycles. The summed E-state index contributed by atoms with van der Waals surface area (Å²) in [4.78, 5) is 24.3. The lowest BCUT2D eigenvalue weighted by atomic mass is 9.85. The van der Waals surface area contributed by atoms with E-state index >= 15 is 0 Å². The van der Waals surface area contributed by atoms with Gasteiger partial charge in [0.15, 0.2) is 12.4 Å². The van der Waals surface area contributed by atoms with Crippen molar-refractivity contribution in [3.05, 3.63) is 58.4 Å². The Hall–Kier alpha value is -3.86. The van der Waals surface area contributed by atoms with Crippen molar-refractivity contribution in [1.82, 2.24) is 4.57 Å². The fourth-order valence-electron chi connectivity index (χ4n) is 4.21. The van der Waals surface area contributed by atoms with Crippen molar-refractivity contribution in [3.8, 4) is 11.5 Å². The number of sulfonamides is 1. The van der Waals surface area contributed by atoms with Gasteiger partial charge in [0.25, 0.3) is 21.5 Å². The van der Waals surface area contributed by atoms with Crippen LogP contribution in [0, 0.1) is 5.92 Å². The minimum Gasteiger partial charge on any atom is -0.506 e.